The first-order valence-corrected chi connectivity index (χ1v) is 3.07. The molecule has 8 heavy (non-hydrogen) atoms. The van der Waals surface area contributed by atoms with E-state index in [-0.39, 0.29) is 0 Å². The van der Waals surface area contributed by atoms with Crippen LogP contribution in [0.25, 0.3) is 0 Å². The summed E-state index contributed by atoms with van der Waals surface area (Å²) in [7, 11) is -2.12. The number of hydrogen-bond donors (Lipinski definition) is 5. The van der Waals surface area contributed by atoms with E-state index in [0.29, 0.717) is 0 Å². The number of nitrogens with two attached hydrogens (primary N) is 1. The third kappa shape index (κ3) is 3220. The molecule has 5 nitrogen and oxygen atoms in total. The van der Waals surface area contributed by atoms with Crippen molar-refractivity contribution in [1.82, 2.24) is 0 Å². The molecule has 0 bridgehead atoms. The number of rotatable bonds is 0. The molecule has 0 saturated heterocycles. The predicted octanol–water partition coefficient (Wildman–Crippen LogP) is -1.53. The van der Waals surface area contributed by atoms with Crippen LogP contribution in [0, 0.1) is 0 Å². The molecule has 0 aliphatic rings. The highest BCUT2D eigenvalue weighted by Crippen LogP contribution is 2.05. The van der Waals surface area contributed by atoms with Gasteiger partial charge in [0.1, 0.15) is 6.29 Å². The van der Waals surface area contributed by atoms with Crippen LogP contribution < -0.4 is 5.50 Å². The van der Waals surface area contributed by atoms with Gasteiger partial charge < -0.3 is 20.0 Å². The molecular formula is C2H10NO4P. The quantitative estimate of drug-likeness (QED) is 0.209. The van der Waals surface area contributed by atoms with Gasteiger partial charge in [-0.1, -0.05) is 0 Å². The van der Waals surface area contributed by atoms with Gasteiger partial charge in [-0.25, -0.2) is 0 Å². The van der Waals surface area contributed by atoms with Gasteiger partial charge in [0.2, 0.25) is 8.53 Å². The molecular weight excluding hydrogens is 133 g/mol. The molecule has 0 spiro atoms. The lowest BCUT2D eigenvalue weighted by Crippen LogP contribution is -1.92. The lowest BCUT2D eigenvalue weighted by molar-refractivity contribution is -0.0228. The van der Waals surface area contributed by atoms with Crippen molar-refractivity contribution >= 4 is 8.53 Å². The van der Waals surface area contributed by atoms with E-state index >= 15 is 0 Å². The van der Waals surface area contributed by atoms with Crippen LogP contribution in [-0.4, -0.2) is 26.3 Å². The summed E-state index contributed by atoms with van der Waals surface area (Å²) in [6.07, 6.45) is -1.17. The molecule has 0 unspecified atom stereocenters. The molecule has 6 heteroatoms. The Balaban J connectivity index is 0. The van der Waals surface area contributed by atoms with Crippen LogP contribution in [0.3, 0.4) is 0 Å². The molecule has 0 aromatic heterocycles. The molecule has 0 atom stereocenters. The van der Waals surface area contributed by atoms with Gasteiger partial charge in [-0.3, -0.25) is 5.50 Å². The van der Waals surface area contributed by atoms with Gasteiger partial charge in [-0.15, -0.1) is 0 Å². The van der Waals surface area contributed by atoms with Gasteiger partial charge in [-0.2, -0.15) is 0 Å². The topological polar surface area (TPSA) is 107 Å². The largest absolute Gasteiger partial charge is 0.368 e. The first-order valence-electron chi connectivity index (χ1n) is 1.75. The fourth-order valence-electron chi connectivity index (χ4n) is 0. The minimum atomic E-state index is -2.12. The van der Waals surface area contributed by atoms with Crippen LogP contribution in [0.4, 0.5) is 0 Å². The van der Waals surface area contributed by atoms with Crippen LogP contribution in [0.2, 0.25) is 0 Å². The standard InChI is InChI=1S/C2H6O2.H4NO2P/c1-2(3)4;1-4(2)3/h2-4H,1H3;2-3H,1H2. The first kappa shape index (κ1) is 11.1. The highest BCUT2D eigenvalue weighted by molar-refractivity contribution is 7.42. The lowest BCUT2D eigenvalue weighted by Gasteiger charge is -1.80. The van der Waals surface area contributed by atoms with Crippen LogP contribution in [0.15, 0.2) is 0 Å². The Kier molecular flexibility index (Phi) is 10.0. The smallest absolute Gasteiger partial charge is 0.247 e. The van der Waals surface area contributed by atoms with E-state index in [1.54, 1.807) is 0 Å². The minimum Gasteiger partial charge on any atom is -0.368 e. The molecule has 0 aliphatic heterocycles. The molecule has 0 aromatic carbocycles. The molecule has 0 saturated carbocycles. The van der Waals surface area contributed by atoms with Gasteiger partial charge in [0.25, 0.3) is 0 Å². The molecule has 0 radical (unpaired) electrons. The summed E-state index contributed by atoms with van der Waals surface area (Å²) >= 11 is 0. The normalized spacial score (nSPS) is 9.00. The predicted molar refractivity (Wildman–Crippen MR) is 29.4 cm³/mol. The second kappa shape index (κ2) is 7.23. The number of aliphatic hydroxyl groups excluding tert-OH is 1. The van der Waals surface area contributed by atoms with Crippen LogP contribution in [0.5, 0.6) is 0 Å². The molecule has 0 rings (SSSR count). The third-order valence-corrected chi connectivity index (χ3v) is 0. The van der Waals surface area contributed by atoms with Gasteiger partial charge in [0.15, 0.2) is 0 Å². The van der Waals surface area contributed by atoms with E-state index in [9.17, 15) is 0 Å². The number of hydrogen-bond acceptors (Lipinski definition) is 5. The second-order valence-corrected chi connectivity index (χ2v) is 1.59. The summed E-state index contributed by atoms with van der Waals surface area (Å²) in [5, 5.41) is 15.2. The van der Waals surface area contributed by atoms with E-state index in [1.807, 2.05) is 0 Å². The first-order chi connectivity index (χ1) is 3.46. The van der Waals surface area contributed by atoms with Crippen molar-refractivity contribution in [2.45, 2.75) is 13.2 Å². The molecule has 0 fully saturated rings. The number of aliphatic hydroxyl groups is 2. The summed E-state index contributed by atoms with van der Waals surface area (Å²) in [6.45, 7) is 1.28. The third-order valence-electron chi connectivity index (χ3n) is 0. The molecule has 0 aliphatic carbocycles. The SMILES string of the molecule is CC(O)O.NP(O)O. The van der Waals surface area contributed by atoms with Crippen molar-refractivity contribution in [2.75, 3.05) is 0 Å². The van der Waals surface area contributed by atoms with E-state index in [0.717, 1.165) is 0 Å². The van der Waals surface area contributed by atoms with E-state index in [4.69, 9.17) is 20.0 Å². The summed E-state index contributed by atoms with van der Waals surface area (Å²) in [5.74, 6) is 0. The maximum atomic E-state index is 7.61. The second-order valence-electron chi connectivity index (χ2n) is 0.952. The van der Waals surface area contributed by atoms with E-state index in [1.165, 1.54) is 6.92 Å². The van der Waals surface area contributed by atoms with E-state index < -0.39 is 14.8 Å². The molecule has 0 amide bonds. The Morgan fingerprint density at radius 3 is 1.38 bits per heavy atom. The molecule has 0 aromatic rings. The lowest BCUT2D eigenvalue weighted by atomic mass is 10.8. The summed E-state index contributed by atoms with van der Waals surface area (Å²) in [5.41, 5.74) is 4.29. The van der Waals surface area contributed by atoms with Crippen molar-refractivity contribution < 1.29 is 20.0 Å². The fourth-order valence-corrected chi connectivity index (χ4v) is 0. The van der Waals surface area contributed by atoms with Crippen LogP contribution >= 0.6 is 8.53 Å². The fraction of sp³-hybridized carbons (Fsp3) is 1.00. The van der Waals surface area contributed by atoms with Crippen molar-refractivity contribution in [1.29, 1.82) is 0 Å². The zero-order valence-electron chi connectivity index (χ0n) is 4.39. The Morgan fingerprint density at radius 2 is 1.38 bits per heavy atom. The highest BCUT2D eigenvalue weighted by Gasteiger charge is 1.72. The highest BCUT2D eigenvalue weighted by atomic mass is 31.2. The van der Waals surface area contributed by atoms with Gasteiger partial charge in [0, 0.05) is 0 Å². The van der Waals surface area contributed by atoms with Gasteiger partial charge in [0.05, 0.1) is 0 Å². The zero-order chi connectivity index (χ0) is 7.15. The molecule has 52 valence electrons. The van der Waals surface area contributed by atoms with Crippen molar-refractivity contribution in [3.63, 3.8) is 0 Å². The Labute approximate surface area is 48.4 Å². The van der Waals surface area contributed by atoms with Gasteiger partial charge >= 0.3 is 0 Å². The summed E-state index contributed by atoms with van der Waals surface area (Å²) in [6, 6.07) is 0. The van der Waals surface area contributed by atoms with Crippen molar-refractivity contribution in [3.8, 4) is 0 Å². The molecule has 6 N–H and O–H groups in total. The Hall–Kier alpha value is 0.230. The summed E-state index contributed by atoms with van der Waals surface area (Å²) < 4.78 is 0. The van der Waals surface area contributed by atoms with Crippen LogP contribution in [0.1, 0.15) is 6.92 Å². The maximum Gasteiger partial charge on any atom is 0.247 e. The molecule has 0 heterocycles. The summed E-state index contributed by atoms with van der Waals surface area (Å²) in [4.78, 5) is 14.9. The average Bonchev–Trinajstić information content (AvgIpc) is 1.25. The zero-order valence-corrected chi connectivity index (χ0v) is 5.29. The average molecular weight is 143 g/mol. The Morgan fingerprint density at radius 1 is 1.38 bits per heavy atom. The van der Waals surface area contributed by atoms with Gasteiger partial charge in [-0.05, 0) is 6.92 Å². The minimum absolute atomic E-state index is 1.17. The van der Waals surface area contributed by atoms with E-state index in [2.05, 4.69) is 5.50 Å². The van der Waals surface area contributed by atoms with Crippen molar-refractivity contribution in [2.24, 2.45) is 5.50 Å². The maximum absolute atomic E-state index is 7.61. The Bertz CT molecular complexity index is 29.5. The van der Waals surface area contributed by atoms with Crippen molar-refractivity contribution in [3.05, 3.63) is 0 Å². The van der Waals surface area contributed by atoms with Crippen LogP contribution in [-0.2, 0) is 0 Å². The monoisotopic (exact) mass is 143 g/mol.